The molecule has 3 heterocycles. The molecule has 1 saturated heterocycles. The van der Waals surface area contributed by atoms with Gasteiger partial charge < -0.3 is 21.7 Å². The number of halogens is 1. The van der Waals surface area contributed by atoms with Crippen molar-refractivity contribution in [2.24, 2.45) is 0 Å². The molecule has 2 aromatic heterocycles. The Morgan fingerprint density at radius 1 is 1.22 bits per heavy atom. The van der Waals surface area contributed by atoms with Crippen molar-refractivity contribution in [3.8, 4) is 6.07 Å². The highest BCUT2D eigenvalue weighted by molar-refractivity contribution is 6.35. The number of fused-ring (bicyclic) bond motifs is 1. The molecule has 166 valence electrons. The zero-order chi connectivity index (χ0) is 22.8. The molecule has 0 amide bonds. The number of nitrogens with two attached hydrogens (primary N) is 2. The normalized spacial score (nSPS) is 15.0. The molecule has 0 aliphatic carbocycles. The summed E-state index contributed by atoms with van der Waals surface area (Å²) in [6.07, 6.45) is 2.32. The lowest BCUT2D eigenvalue weighted by molar-refractivity contribution is 0.317. The van der Waals surface area contributed by atoms with Crippen LogP contribution in [0.15, 0.2) is 23.0 Å². The van der Waals surface area contributed by atoms with Crippen molar-refractivity contribution in [1.82, 2.24) is 24.4 Å². The first-order valence-corrected chi connectivity index (χ1v) is 10.8. The van der Waals surface area contributed by atoms with Crippen LogP contribution in [0.1, 0.15) is 37.2 Å². The van der Waals surface area contributed by atoms with Crippen molar-refractivity contribution in [1.29, 1.82) is 5.26 Å². The first kappa shape index (κ1) is 21.8. The minimum absolute atomic E-state index is 0.0145. The molecule has 0 bridgehead atoms. The third-order valence-corrected chi connectivity index (χ3v) is 5.92. The first-order chi connectivity index (χ1) is 15.4. The number of rotatable bonds is 6. The van der Waals surface area contributed by atoms with Gasteiger partial charge in [0.25, 0.3) is 5.56 Å². The largest absolute Gasteiger partial charge is 0.382 e. The van der Waals surface area contributed by atoms with Gasteiger partial charge in [-0.05, 0) is 45.0 Å². The molecule has 10 nitrogen and oxygen atoms in total. The minimum Gasteiger partial charge on any atom is -0.382 e. The van der Waals surface area contributed by atoms with E-state index >= 15 is 0 Å². The van der Waals surface area contributed by atoms with E-state index in [9.17, 15) is 10.1 Å². The number of nitrogen functional groups attached to an aromatic ring is 2. The van der Waals surface area contributed by atoms with E-state index in [4.69, 9.17) is 28.1 Å². The van der Waals surface area contributed by atoms with E-state index < -0.39 is 6.04 Å². The molecule has 1 fully saturated rings. The van der Waals surface area contributed by atoms with Crippen LogP contribution >= 0.6 is 11.6 Å². The summed E-state index contributed by atoms with van der Waals surface area (Å²) in [5.74, 6) is 0.625. The third-order valence-electron chi connectivity index (χ3n) is 5.61. The summed E-state index contributed by atoms with van der Waals surface area (Å²) in [7, 11) is 0. The van der Waals surface area contributed by atoms with E-state index in [0.29, 0.717) is 28.3 Å². The summed E-state index contributed by atoms with van der Waals surface area (Å²) in [5, 5.41) is 13.4. The summed E-state index contributed by atoms with van der Waals surface area (Å²) in [4.78, 5) is 28.5. The topological polar surface area (TPSA) is 152 Å². The molecule has 1 aromatic carbocycles. The summed E-state index contributed by atoms with van der Waals surface area (Å²) < 4.78 is 1.64. The van der Waals surface area contributed by atoms with Crippen molar-refractivity contribution in [3.63, 3.8) is 0 Å². The summed E-state index contributed by atoms with van der Waals surface area (Å²) >= 11 is 6.34. The summed E-state index contributed by atoms with van der Waals surface area (Å²) in [5.41, 5.74) is 11.9. The van der Waals surface area contributed by atoms with Gasteiger partial charge in [-0.3, -0.25) is 9.36 Å². The van der Waals surface area contributed by atoms with E-state index in [1.54, 1.807) is 22.8 Å². The smallest absolute Gasteiger partial charge is 0.263 e. The van der Waals surface area contributed by atoms with Crippen molar-refractivity contribution < 1.29 is 0 Å². The maximum absolute atomic E-state index is 13.4. The lowest BCUT2D eigenvalue weighted by atomic mass is 10.2. The lowest BCUT2D eigenvalue weighted by Crippen LogP contribution is -2.33. The average molecular weight is 454 g/mol. The molecule has 1 atom stereocenters. The number of anilines is 3. The van der Waals surface area contributed by atoms with E-state index in [-0.39, 0.29) is 28.7 Å². The second-order valence-corrected chi connectivity index (χ2v) is 8.19. The molecule has 1 aliphatic rings. The van der Waals surface area contributed by atoms with Gasteiger partial charge in [-0.2, -0.15) is 15.2 Å². The second kappa shape index (κ2) is 8.98. The van der Waals surface area contributed by atoms with Crippen LogP contribution < -0.4 is 22.3 Å². The Labute approximate surface area is 189 Å². The molecule has 0 spiro atoms. The van der Waals surface area contributed by atoms with Crippen molar-refractivity contribution >= 4 is 40.1 Å². The number of benzene rings is 1. The highest BCUT2D eigenvalue weighted by Gasteiger charge is 2.21. The van der Waals surface area contributed by atoms with Crippen LogP contribution in [0.25, 0.3) is 10.9 Å². The van der Waals surface area contributed by atoms with Crippen LogP contribution in [0, 0.1) is 11.3 Å². The highest BCUT2D eigenvalue weighted by atomic mass is 35.5. The first-order valence-electron chi connectivity index (χ1n) is 10.4. The van der Waals surface area contributed by atoms with Crippen molar-refractivity contribution in [3.05, 3.63) is 45.0 Å². The Bertz CT molecular complexity index is 1260. The fraction of sp³-hybridized carbons (Fsp3) is 0.381. The zero-order valence-electron chi connectivity index (χ0n) is 17.7. The maximum atomic E-state index is 13.4. The standard InChI is InChI=1S/C21H24ClN9O/c1-12(26-18-13(11-23)17(24)28-21(25)29-18)19-27-15-6-4-5-14(22)16(15)20(32)31(19)10-9-30-7-2-3-8-30/h4-6,12H,2-3,7-10H2,1H3,(H5,24,25,26,28,29). The molecule has 3 aromatic rings. The van der Waals surface area contributed by atoms with Crippen molar-refractivity contribution in [2.75, 3.05) is 36.4 Å². The Hall–Kier alpha value is -3.42. The zero-order valence-corrected chi connectivity index (χ0v) is 18.4. The number of nitrogens with zero attached hydrogens (tertiary/aromatic N) is 6. The van der Waals surface area contributed by atoms with E-state index in [0.717, 1.165) is 32.5 Å². The number of nitriles is 1. The van der Waals surface area contributed by atoms with Gasteiger partial charge in [0.1, 0.15) is 23.3 Å². The lowest BCUT2D eigenvalue weighted by Gasteiger charge is -2.22. The maximum Gasteiger partial charge on any atom is 0.263 e. The SMILES string of the molecule is CC(Nc1nc(N)nc(N)c1C#N)c1nc2cccc(Cl)c2c(=O)n1CCN1CCCC1. The minimum atomic E-state index is -0.481. The van der Waals surface area contributed by atoms with Gasteiger partial charge in [0, 0.05) is 13.1 Å². The number of hydrogen-bond donors (Lipinski definition) is 3. The Balaban J connectivity index is 1.77. The van der Waals surface area contributed by atoms with Gasteiger partial charge in [-0.15, -0.1) is 0 Å². The predicted octanol–water partition coefficient (Wildman–Crippen LogP) is 2.14. The fourth-order valence-electron chi connectivity index (χ4n) is 4.02. The number of likely N-dealkylation sites (tertiary alicyclic amines) is 1. The van der Waals surface area contributed by atoms with Gasteiger partial charge in [0.05, 0.1) is 22.0 Å². The Morgan fingerprint density at radius 2 is 1.97 bits per heavy atom. The van der Waals surface area contributed by atoms with Crippen LogP contribution in [-0.4, -0.2) is 44.1 Å². The van der Waals surface area contributed by atoms with E-state index in [1.165, 1.54) is 0 Å². The van der Waals surface area contributed by atoms with Gasteiger partial charge in [0.15, 0.2) is 5.82 Å². The molecule has 5 N–H and O–H groups in total. The van der Waals surface area contributed by atoms with Gasteiger partial charge >= 0.3 is 0 Å². The van der Waals surface area contributed by atoms with Gasteiger partial charge in [-0.25, -0.2) is 4.98 Å². The number of nitrogens with one attached hydrogen (secondary N) is 1. The summed E-state index contributed by atoms with van der Waals surface area (Å²) in [6, 6.07) is 6.71. The molecule has 4 rings (SSSR count). The van der Waals surface area contributed by atoms with E-state index in [2.05, 4.69) is 20.2 Å². The molecule has 1 aliphatic heterocycles. The van der Waals surface area contributed by atoms with E-state index in [1.807, 2.05) is 13.0 Å². The van der Waals surface area contributed by atoms with Gasteiger partial charge in [-0.1, -0.05) is 17.7 Å². The fourth-order valence-corrected chi connectivity index (χ4v) is 4.27. The Kier molecular flexibility index (Phi) is 6.12. The van der Waals surface area contributed by atoms with Crippen LogP contribution in [-0.2, 0) is 6.54 Å². The molecule has 32 heavy (non-hydrogen) atoms. The molecule has 11 heteroatoms. The third kappa shape index (κ3) is 4.17. The molecule has 0 radical (unpaired) electrons. The number of hydrogen-bond acceptors (Lipinski definition) is 9. The molecular formula is C21H24ClN9O. The van der Waals surface area contributed by atoms with Gasteiger partial charge in [0.2, 0.25) is 5.95 Å². The second-order valence-electron chi connectivity index (χ2n) is 7.78. The van der Waals surface area contributed by atoms with Crippen LogP contribution in [0.5, 0.6) is 0 Å². The predicted molar refractivity (Wildman–Crippen MR) is 124 cm³/mol. The number of aromatic nitrogens is 4. The van der Waals surface area contributed by atoms with Crippen LogP contribution in [0.2, 0.25) is 5.02 Å². The van der Waals surface area contributed by atoms with Crippen molar-refractivity contribution in [2.45, 2.75) is 32.4 Å². The monoisotopic (exact) mass is 453 g/mol. The average Bonchev–Trinajstić information content (AvgIpc) is 3.26. The molecular weight excluding hydrogens is 430 g/mol. The quantitative estimate of drug-likeness (QED) is 0.509. The van der Waals surface area contributed by atoms with Crippen LogP contribution in [0.4, 0.5) is 17.6 Å². The summed E-state index contributed by atoms with van der Waals surface area (Å²) in [6.45, 7) is 5.07. The molecule has 1 unspecified atom stereocenters. The Morgan fingerprint density at radius 3 is 2.69 bits per heavy atom. The highest BCUT2D eigenvalue weighted by Crippen LogP contribution is 2.25. The van der Waals surface area contributed by atoms with Crippen LogP contribution in [0.3, 0.4) is 0 Å². The molecule has 0 saturated carbocycles.